The molecule has 4 heteroatoms. The maximum atomic E-state index is 6.68. The Morgan fingerprint density at radius 3 is 2.00 bits per heavy atom. The zero-order valence-corrected chi connectivity index (χ0v) is 32.0. The van der Waals surface area contributed by atoms with Gasteiger partial charge >= 0.3 is 0 Å². The van der Waals surface area contributed by atoms with E-state index in [1.54, 1.807) is 0 Å². The molecule has 3 aromatic heterocycles. The number of rotatable bonds is 3. The highest BCUT2D eigenvalue weighted by Gasteiger charge is 2.25. The first-order valence-corrected chi connectivity index (χ1v) is 20.0. The third kappa shape index (κ3) is 5.21. The van der Waals surface area contributed by atoms with Crippen molar-refractivity contribution in [1.29, 1.82) is 0 Å². The first-order valence-electron chi connectivity index (χ1n) is 20.0. The number of hydrogen-bond donors (Lipinski definition) is 0. The van der Waals surface area contributed by atoms with E-state index in [-0.39, 0.29) is 0 Å². The second kappa shape index (κ2) is 13.3. The largest absolute Gasteiger partial charge is 0.460 e. The number of fused-ring (bicyclic) bond motifs is 13. The minimum absolute atomic E-state index is 0.646. The molecule has 4 nitrogen and oxygen atoms in total. The van der Waals surface area contributed by atoms with Crippen LogP contribution in [0.5, 0.6) is 0 Å². The predicted octanol–water partition coefficient (Wildman–Crippen LogP) is 14.3. The van der Waals surface area contributed by atoms with Gasteiger partial charge in [-0.25, -0.2) is 9.97 Å². The van der Waals surface area contributed by atoms with E-state index in [0.29, 0.717) is 5.95 Å². The van der Waals surface area contributed by atoms with Crippen LogP contribution >= 0.6 is 0 Å². The van der Waals surface area contributed by atoms with Crippen LogP contribution in [0.3, 0.4) is 0 Å². The lowest BCUT2D eigenvalue weighted by Gasteiger charge is -2.15. The fraction of sp³-hybridized carbons (Fsp3) is 0.0943. The van der Waals surface area contributed by atoms with Gasteiger partial charge in [-0.1, -0.05) is 166 Å². The lowest BCUT2D eigenvalue weighted by molar-refractivity contribution is 0.546. The van der Waals surface area contributed by atoms with Crippen molar-refractivity contribution in [2.24, 2.45) is 0 Å². The van der Waals surface area contributed by atoms with Crippen molar-refractivity contribution in [1.82, 2.24) is 14.5 Å². The monoisotopic (exact) mass is 733 g/mol. The Hall–Kier alpha value is -7.04. The van der Waals surface area contributed by atoms with Crippen molar-refractivity contribution in [2.75, 3.05) is 0 Å². The SMILES string of the molecule is CCC.c1ccc(-c2nc(-n3c4c(-c5ccc6c7c(oc6c5)CCc5ccccc5-7)cccc4c4ccc5ccccc5c43)nc3c2ccc2ccccc23)cc1. The van der Waals surface area contributed by atoms with Crippen LogP contribution in [0.15, 0.2) is 168 Å². The van der Waals surface area contributed by atoms with Crippen molar-refractivity contribution in [2.45, 2.75) is 33.1 Å². The Bertz CT molecular complexity index is 3350. The summed E-state index contributed by atoms with van der Waals surface area (Å²) >= 11 is 0. The highest BCUT2D eigenvalue weighted by molar-refractivity contribution is 6.21. The molecule has 0 atom stereocenters. The molecule has 272 valence electrons. The molecule has 1 aliphatic rings. The maximum absolute atomic E-state index is 6.68. The molecule has 0 bridgehead atoms. The summed E-state index contributed by atoms with van der Waals surface area (Å²) in [5.74, 6) is 1.72. The van der Waals surface area contributed by atoms with E-state index in [1.165, 1.54) is 33.9 Å². The molecule has 8 aromatic carbocycles. The van der Waals surface area contributed by atoms with E-state index in [9.17, 15) is 0 Å². The smallest absolute Gasteiger partial charge is 0.235 e. The molecule has 1 aliphatic carbocycles. The van der Waals surface area contributed by atoms with E-state index >= 15 is 0 Å². The zero-order valence-electron chi connectivity index (χ0n) is 32.0. The molecule has 12 rings (SSSR count). The topological polar surface area (TPSA) is 43.9 Å². The summed E-state index contributed by atoms with van der Waals surface area (Å²) in [6.07, 6.45) is 3.15. The quantitative estimate of drug-likeness (QED) is 0.170. The normalized spacial score (nSPS) is 12.3. The first-order chi connectivity index (χ1) is 28.2. The number of aromatic nitrogens is 3. The van der Waals surface area contributed by atoms with Gasteiger partial charge in [-0.05, 0) is 52.1 Å². The van der Waals surface area contributed by atoms with Gasteiger partial charge in [0.05, 0.1) is 22.2 Å². The fourth-order valence-corrected chi connectivity index (χ4v) is 9.04. The van der Waals surface area contributed by atoms with Crippen LogP contribution < -0.4 is 0 Å². The molecule has 0 spiro atoms. The average Bonchev–Trinajstić information content (AvgIpc) is 3.83. The molecular formula is C53H39N3O. The Balaban J connectivity index is 0.00000121. The van der Waals surface area contributed by atoms with Gasteiger partial charge in [0.1, 0.15) is 11.3 Å². The van der Waals surface area contributed by atoms with Gasteiger partial charge in [0.15, 0.2) is 0 Å². The second-order valence-corrected chi connectivity index (χ2v) is 15.1. The Labute approximate surface area is 330 Å². The molecule has 0 saturated carbocycles. The van der Waals surface area contributed by atoms with Crippen LogP contribution in [0.4, 0.5) is 0 Å². The number of benzene rings is 8. The minimum Gasteiger partial charge on any atom is -0.460 e. The average molecular weight is 734 g/mol. The number of aryl methyl sites for hydroxylation is 2. The predicted molar refractivity (Wildman–Crippen MR) is 238 cm³/mol. The van der Waals surface area contributed by atoms with Gasteiger partial charge in [-0.3, -0.25) is 4.57 Å². The van der Waals surface area contributed by atoms with Crippen LogP contribution in [-0.2, 0) is 12.8 Å². The van der Waals surface area contributed by atoms with Gasteiger partial charge in [0, 0.05) is 55.4 Å². The van der Waals surface area contributed by atoms with Crippen LogP contribution in [0.1, 0.15) is 31.6 Å². The van der Waals surface area contributed by atoms with E-state index < -0.39 is 0 Å². The lowest BCUT2D eigenvalue weighted by Crippen LogP contribution is -2.05. The molecule has 0 aliphatic heterocycles. The summed E-state index contributed by atoms with van der Waals surface area (Å²) in [7, 11) is 0. The van der Waals surface area contributed by atoms with Crippen LogP contribution in [0.2, 0.25) is 0 Å². The summed E-state index contributed by atoms with van der Waals surface area (Å²) in [5.41, 5.74) is 12.1. The van der Waals surface area contributed by atoms with Crippen molar-refractivity contribution < 1.29 is 4.42 Å². The highest BCUT2D eigenvalue weighted by atomic mass is 16.3. The van der Waals surface area contributed by atoms with E-state index in [0.717, 1.165) is 95.4 Å². The van der Waals surface area contributed by atoms with E-state index in [1.807, 2.05) is 0 Å². The van der Waals surface area contributed by atoms with Gasteiger partial charge in [-0.15, -0.1) is 0 Å². The standard InChI is InChI=1S/C50H31N3O.C3H8/c1-2-14-33(15-3-1)46-42-27-22-31-12-5-8-17-36(31)47(42)52-50(51-46)53-48-37-18-9-6-13-32(37)21-25-40(48)39-20-10-19-38(49(39)53)34-23-26-41-44(29-34)54-43-28-24-30-11-4-7-16-35(30)45(41)43;1-3-2/h1-23,25-27,29H,24,28H2;3H2,1-2H3. The molecule has 0 N–H and O–H groups in total. The maximum Gasteiger partial charge on any atom is 0.235 e. The Morgan fingerprint density at radius 1 is 0.509 bits per heavy atom. The zero-order chi connectivity index (χ0) is 38.0. The van der Waals surface area contributed by atoms with Crippen molar-refractivity contribution in [3.63, 3.8) is 0 Å². The number of nitrogens with zero attached hydrogens (tertiary/aromatic N) is 3. The van der Waals surface area contributed by atoms with Gasteiger partial charge in [-0.2, -0.15) is 0 Å². The van der Waals surface area contributed by atoms with Gasteiger partial charge in [0.2, 0.25) is 5.95 Å². The van der Waals surface area contributed by atoms with Gasteiger partial charge < -0.3 is 4.42 Å². The van der Waals surface area contributed by atoms with Crippen LogP contribution in [0, 0.1) is 0 Å². The number of para-hydroxylation sites is 1. The molecule has 11 aromatic rings. The highest BCUT2D eigenvalue weighted by Crippen LogP contribution is 2.45. The van der Waals surface area contributed by atoms with Crippen LogP contribution in [0.25, 0.3) is 105 Å². The summed E-state index contributed by atoms with van der Waals surface area (Å²) in [5, 5.41) is 9.11. The number of hydrogen-bond acceptors (Lipinski definition) is 3. The summed E-state index contributed by atoms with van der Waals surface area (Å²) in [6.45, 7) is 4.25. The second-order valence-electron chi connectivity index (χ2n) is 15.1. The Kier molecular flexibility index (Phi) is 7.78. The molecule has 3 heterocycles. The molecular weight excluding hydrogens is 695 g/mol. The minimum atomic E-state index is 0.646. The molecule has 0 amide bonds. The molecule has 57 heavy (non-hydrogen) atoms. The third-order valence-electron chi connectivity index (χ3n) is 11.5. The van der Waals surface area contributed by atoms with E-state index in [2.05, 4.69) is 182 Å². The van der Waals surface area contributed by atoms with E-state index in [4.69, 9.17) is 14.4 Å². The third-order valence-corrected chi connectivity index (χ3v) is 11.5. The molecule has 0 fully saturated rings. The summed E-state index contributed by atoms with van der Waals surface area (Å²) in [6, 6.07) is 58.6. The number of furan rings is 1. The fourth-order valence-electron chi connectivity index (χ4n) is 9.04. The van der Waals surface area contributed by atoms with Crippen molar-refractivity contribution in [3.8, 4) is 39.5 Å². The summed E-state index contributed by atoms with van der Waals surface area (Å²) in [4.78, 5) is 11.0. The Morgan fingerprint density at radius 2 is 1.16 bits per heavy atom. The van der Waals surface area contributed by atoms with Crippen molar-refractivity contribution in [3.05, 3.63) is 175 Å². The van der Waals surface area contributed by atoms with Gasteiger partial charge in [0.25, 0.3) is 0 Å². The van der Waals surface area contributed by atoms with Crippen LogP contribution in [-0.4, -0.2) is 14.5 Å². The first kappa shape index (κ1) is 33.3. The lowest BCUT2D eigenvalue weighted by atomic mass is 9.88. The molecule has 0 unspecified atom stereocenters. The summed E-state index contributed by atoms with van der Waals surface area (Å²) < 4.78 is 9.00. The molecule has 0 radical (unpaired) electrons. The molecule has 0 saturated heterocycles. The van der Waals surface area contributed by atoms with Crippen molar-refractivity contribution >= 4 is 65.2 Å².